The lowest BCUT2D eigenvalue weighted by molar-refractivity contribution is 0.156. The van der Waals surface area contributed by atoms with E-state index >= 15 is 0 Å². The number of hydrogen-bond donors (Lipinski definition) is 1. The summed E-state index contributed by atoms with van der Waals surface area (Å²) in [5, 5.41) is 9.71. The van der Waals surface area contributed by atoms with Crippen molar-refractivity contribution in [3.8, 4) is 0 Å². The van der Waals surface area contributed by atoms with Crippen LogP contribution in [0.3, 0.4) is 0 Å². The van der Waals surface area contributed by atoms with Crippen LogP contribution in [-0.2, 0) is 6.42 Å². The van der Waals surface area contributed by atoms with Crippen molar-refractivity contribution in [1.82, 2.24) is 4.90 Å². The predicted octanol–water partition coefficient (Wildman–Crippen LogP) is 2.67. The van der Waals surface area contributed by atoms with Crippen LogP contribution in [0.4, 0.5) is 0 Å². The Kier molecular flexibility index (Phi) is 4.79. The van der Waals surface area contributed by atoms with Gasteiger partial charge in [-0.05, 0) is 56.4 Å². The minimum absolute atomic E-state index is 0.278. The summed E-state index contributed by atoms with van der Waals surface area (Å²) in [6, 6.07) is 8.82. The molecule has 0 radical (unpaired) electrons. The average Bonchev–Trinajstić information content (AvgIpc) is 2.42. The van der Waals surface area contributed by atoms with Gasteiger partial charge in [-0.1, -0.05) is 31.2 Å². The van der Waals surface area contributed by atoms with Crippen LogP contribution in [-0.4, -0.2) is 36.8 Å². The van der Waals surface area contributed by atoms with Crippen molar-refractivity contribution in [2.45, 2.75) is 32.1 Å². The SMILES string of the molecule is CCc1ccc(C(CO)C2CCN(C)CC2)cc1. The van der Waals surface area contributed by atoms with E-state index in [1.54, 1.807) is 0 Å². The number of piperidine rings is 1. The first-order chi connectivity index (χ1) is 8.74. The highest BCUT2D eigenvalue weighted by Gasteiger charge is 2.25. The second-order valence-electron chi connectivity index (χ2n) is 5.52. The Morgan fingerprint density at radius 2 is 1.83 bits per heavy atom. The molecule has 0 amide bonds. The van der Waals surface area contributed by atoms with Gasteiger partial charge < -0.3 is 10.0 Å². The molecule has 18 heavy (non-hydrogen) atoms. The lowest BCUT2D eigenvalue weighted by Gasteiger charge is -2.33. The van der Waals surface area contributed by atoms with E-state index in [2.05, 4.69) is 43.1 Å². The van der Waals surface area contributed by atoms with E-state index in [0.717, 1.165) is 19.5 Å². The lowest BCUT2D eigenvalue weighted by atomic mass is 9.80. The minimum atomic E-state index is 0.278. The van der Waals surface area contributed by atoms with Crippen LogP contribution >= 0.6 is 0 Å². The monoisotopic (exact) mass is 247 g/mol. The average molecular weight is 247 g/mol. The van der Waals surface area contributed by atoms with E-state index in [1.165, 1.54) is 24.0 Å². The summed E-state index contributed by atoms with van der Waals surface area (Å²) >= 11 is 0. The molecule has 1 heterocycles. The molecule has 0 saturated carbocycles. The standard InChI is InChI=1S/C16H25NO/c1-3-13-4-6-14(7-5-13)16(12-18)15-8-10-17(2)11-9-15/h4-7,15-16,18H,3,8-12H2,1-2H3. The zero-order chi connectivity index (χ0) is 13.0. The van der Waals surface area contributed by atoms with Crippen molar-refractivity contribution >= 4 is 0 Å². The molecule has 1 fully saturated rings. The highest BCUT2D eigenvalue weighted by Crippen LogP contribution is 2.32. The normalized spacial score (nSPS) is 19.9. The molecule has 0 aliphatic carbocycles. The number of aliphatic hydroxyl groups is 1. The Balaban J connectivity index is 2.07. The Labute approximate surface area is 111 Å². The van der Waals surface area contributed by atoms with Crippen molar-refractivity contribution in [2.75, 3.05) is 26.7 Å². The molecule has 0 aromatic heterocycles. The van der Waals surface area contributed by atoms with Gasteiger partial charge in [-0.15, -0.1) is 0 Å². The highest BCUT2D eigenvalue weighted by atomic mass is 16.3. The van der Waals surface area contributed by atoms with Gasteiger partial charge in [0.1, 0.15) is 0 Å². The smallest absolute Gasteiger partial charge is 0.0502 e. The van der Waals surface area contributed by atoms with E-state index in [0.29, 0.717) is 11.8 Å². The lowest BCUT2D eigenvalue weighted by Crippen LogP contribution is -2.33. The van der Waals surface area contributed by atoms with Gasteiger partial charge in [0.2, 0.25) is 0 Å². The summed E-state index contributed by atoms with van der Waals surface area (Å²) in [6.07, 6.45) is 3.49. The zero-order valence-corrected chi connectivity index (χ0v) is 11.6. The summed E-state index contributed by atoms with van der Waals surface area (Å²) in [4.78, 5) is 2.38. The van der Waals surface area contributed by atoms with Crippen molar-refractivity contribution in [3.05, 3.63) is 35.4 Å². The van der Waals surface area contributed by atoms with Gasteiger partial charge in [0, 0.05) is 5.92 Å². The molecule has 100 valence electrons. The summed E-state index contributed by atoms with van der Waals surface area (Å²) in [7, 11) is 2.18. The molecular weight excluding hydrogens is 222 g/mol. The molecule has 1 unspecified atom stereocenters. The van der Waals surface area contributed by atoms with Crippen LogP contribution in [0.5, 0.6) is 0 Å². The van der Waals surface area contributed by atoms with Crippen molar-refractivity contribution in [1.29, 1.82) is 0 Å². The van der Waals surface area contributed by atoms with Crippen molar-refractivity contribution in [3.63, 3.8) is 0 Å². The van der Waals surface area contributed by atoms with E-state index in [1.807, 2.05) is 0 Å². The minimum Gasteiger partial charge on any atom is -0.396 e. The van der Waals surface area contributed by atoms with Crippen LogP contribution in [0, 0.1) is 5.92 Å². The summed E-state index contributed by atoms with van der Waals surface area (Å²) in [5.41, 5.74) is 2.68. The van der Waals surface area contributed by atoms with Gasteiger partial charge in [0.15, 0.2) is 0 Å². The van der Waals surface area contributed by atoms with Gasteiger partial charge in [-0.2, -0.15) is 0 Å². The van der Waals surface area contributed by atoms with Gasteiger partial charge >= 0.3 is 0 Å². The summed E-state index contributed by atoms with van der Waals surface area (Å²) in [6.45, 7) is 4.78. The highest BCUT2D eigenvalue weighted by molar-refractivity contribution is 5.26. The molecule has 1 atom stereocenters. The molecule has 1 aliphatic rings. The Morgan fingerprint density at radius 3 is 2.33 bits per heavy atom. The maximum Gasteiger partial charge on any atom is 0.0502 e. The summed E-state index contributed by atoms with van der Waals surface area (Å²) < 4.78 is 0. The van der Waals surface area contributed by atoms with E-state index in [-0.39, 0.29) is 6.61 Å². The number of benzene rings is 1. The second-order valence-corrected chi connectivity index (χ2v) is 5.52. The van der Waals surface area contributed by atoms with Crippen molar-refractivity contribution < 1.29 is 5.11 Å². The third-order valence-electron chi connectivity index (χ3n) is 4.35. The summed E-state index contributed by atoms with van der Waals surface area (Å²) in [5.74, 6) is 0.961. The third-order valence-corrected chi connectivity index (χ3v) is 4.35. The van der Waals surface area contributed by atoms with Crippen LogP contribution in [0.1, 0.15) is 36.8 Å². The second kappa shape index (κ2) is 6.35. The Bertz CT molecular complexity index is 352. The number of hydrogen-bond acceptors (Lipinski definition) is 2. The molecule has 2 heteroatoms. The molecule has 1 aromatic carbocycles. The molecule has 2 nitrogen and oxygen atoms in total. The van der Waals surface area contributed by atoms with Crippen molar-refractivity contribution in [2.24, 2.45) is 5.92 Å². The maximum absolute atomic E-state index is 9.71. The molecule has 1 saturated heterocycles. The Hall–Kier alpha value is -0.860. The first kappa shape index (κ1) is 13.6. The van der Waals surface area contributed by atoms with Crippen LogP contribution < -0.4 is 0 Å². The molecule has 1 aliphatic heterocycles. The Morgan fingerprint density at radius 1 is 1.22 bits per heavy atom. The third kappa shape index (κ3) is 3.12. The maximum atomic E-state index is 9.71. The predicted molar refractivity (Wildman–Crippen MR) is 75.9 cm³/mol. The fraction of sp³-hybridized carbons (Fsp3) is 0.625. The molecular formula is C16H25NO. The first-order valence-electron chi connectivity index (χ1n) is 7.12. The van der Waals surface area contributed by atoms with Crippen LogP contribution in [0.25, 0.3) is 0 Å². The van der Waals surface area contributed by atoms with E-state index in [9.17, 15) is 5.11 Å². The first-order valence-corrected chi connectivity index (χ1v) is 7.12. The fourth-order valence-corrected chi connectivity index (χ4v) is 2.96. The molecule has 2 rings (SSSR count). The van der Waals surface area contributed by atoms with Crippen LogP contribution in [0.2, 0.25) is 0 Å². The quantitative estimate of drug-likeness (QED) is 0.884. The molecule has 1 N–H and O–H groups in total. The number of likely N-dealkylation sites (tertiary alicyclic amines) is 1. The van der Waals surface area contributed by atoms with Gasteiger partial charge in [0.25, 0.3) is 0 Å². The number of aliphatic hydroxyl groups excluding tert-OH is 1. The zero-order valence-electron chi connectivity index (χ0n) is 11.6. The topological polar surface area (TPSA) is 23.5 Å². The number of aryl methyl sites for hydroxylation is 1. The largest absolute Gasteiger partial charge is 0.396 e. The van der Waals surface area contributed by atoms with E-state index < -0.39 is 0 Å². The van der Waals surface area contributed by atoms with Crippen LogP contribution in [0.15, 0.2) is 24.3 Å². The molecule has 0 spiro atoms. The fourth-order valence-electron chi connectivity index (χ4n) is 2.96. The molecule has 1 aromatic rings. The van der Waals surface area contributed by atoms with Gasteiger partial charge in [-0.3, -0.25) is 0 Å². The van der Waals surface area contributed by atoms with Gasteiger partial charge in [-0.25, -0.2) is 0 Å². The van der Waals surface area contributed by atoms with E-state index in [4.69, 9.17) is 0 Å². The number of nitrogens with zero attached hydrogens (tertiary/aromatic N) is 1. The molecule has 0 bridgehead atoms. The van der Waals surface area contributed by atoms with Gasteiger partial charge in [0.05, 0.1) is 6.61 Å². The number of rotatable bonds is 4.